The average Bonchev–Trinajstić information content (AvgIpc) is 2.90. The van der Waals surface area contributed by atoms with Crippen molar-refractivity contribution in [2.24, 2.45) is 5.10 Å². The molecule has 0 aliphatic heterocycles. The van der Waals surface area contributed by atoms with Crippen LogP contribution < -0.4 is 0 Å². The summed E-state index contributed by atoms with van der Waals surface area (Å²) in [5.74, 6) is -0.874. The first-order valence-corrected chi connectivity index (χ1v) is 10.8. The zero-order chi connectivity index (χ0) is 22.9. The zero-order valence-electron chi connectivity index (χ0n) is 18.1. The Balaban J connectivity index is 1.71. The second-order valence-corrected chi connectivity index (χ2v) is 7.60. The molecule has 0 saturated carbocycles. The van der Waals surface area contributed by atoms with Gasteiger partial charge in [0, 0.05) is 11.1 Å². The maximum Gasteiger partial charge on any atom is 0.273 e. The number of amides is 1. The number of nitrogens with zero attached hydrogens (tertiary/aromatic N) is 2. The summed E-state index contributed by atoms with van der Waals surface area (Å²) >= 11 is 0. The molecular formula is C29H24N2O2. The fraction of sp³-hybridized carbons (Fsp3) is 0.0690. The van der Waals surface area contributed by atoms with Crippen molar-refractivity contribution in [1.82, 2.24) is 5.01 Å². The third-order valence-electron chi connectivity index (χ3n) is 5.33. The van der Waals surface area contributed by atoms with Crippen LogP contribution in [0.2, 0.25) is 0 Å². The van der Waals surface area contributed by atoms with Gasteiger partial charge in [-0.15, -0.1) is 0 Å². The van der Waals surface area contributed by atoms with Gasteiger partial charge in [0.1, 0.15) is 0 Å². The summed E-state index contributed by atoms with van der Waals surface area (Å²) in [7, 11) is 0. The minimum absolute atomic E-state index is 0.0532. The van der Waals surface area contributed by atoms with Gasteiger partial charge in [0.25, 0.3) is 5.91 Å². The van der Waals surface area contributed by atoms with Gasteiger partial charge in [-0.3, -0.25) is 9.59 Å². The van der Waals surface area contributed by atoms with Crippen molar-refractivity contribution in [3.05, 3.63) is 144 Å². The molecule has 0 fully saturated rings. The van der Waals surface area contributed by atoms with Crippen LogP contribution in [0.4, 0.5) is 0 Å². The number of rotatable bonds is 8. The quantitative estimate of drug-likeness (QED) is 0.200. The summed E-state index contributed by atoms with van der Waals surface area (Å²) in [6, 6.07) is 37.3. The van der Waals surface area contributed by atoms with Crippen molar-refractivity contribution in [3.8, 4) is 0 Å². The Morgan fingerprint density at radius 1 is 0.667 bits per heavy atom. The predicted molar refractivity (Wildman–Crippen MR) is 131 cm³/mol. The number of carbonyl (C=O) groups excluding carboxylic acids is 2. The Hall–Kier alpha value is -4.31. The molecule has 1 amide bonds. The predicted octanol–water partition coefficient (Wildman–Crippen LogP) is 5.83. The normalized spacial score (nSPS) is 11.8. The number of carbonyl (C=O) groups is 2. The summed E-state index contributed by atoms with van der Waals surface area (Å²) in [5, 5.41) is 5.91. The zero-order valence-corrected chi connectivity index (χ0v) is 18.1. The minimum atomic E-state index is -0.561. The van der Waals surface area contributed by atoms with E-state index in [1.54, 1.807) is 30.5 Å². The van der Waals surface area contributed by atoms with Crippen LogP contribution in [-0.2, 0) is 0 Å². The van der Waals surface area contributed by atoms with E-state index in [4.69, 9.17) is 0 Å². The van der Waals surface area contributed by atoms with Gasteiger partial charge in [0.15, 0.2) is 5.78 Å². The van der Waals surface area contributed by atoms with Crippen LogP contribution in [0.1, 0.15) is 37.8 Å². The Morgan fingerprint density at radius 3 is 1.73 bits per heavy atom. The van der Waals surface area contributed by atoms with Gasteiger partial charge >= 0.3 is 0 Å². The van der Waals surface area contributed by atoms with E-state index in [9.17, 15) is 9.59 Å². The summed E-state index contributed by atoms with van der Waals surface area (Å²) in [5.41, 5.74) is 2.83. The monoisotopic (exact) mass is 432 g/mol. The van der Waals surface area contributed by atoms with E-state index in [-0.39, 0.29) is 18.2 Å². The highest BCUT2D eigenvalue weighted by atomic mass is 16.2. The van der Waals surface area contributed by atoms with Gasteiger partial charge < -0.3 is 0 Å². The molecule has 0 saturated heterocycles. The first kappa shape index (κ1) is 21.9. The van der Waals surface area contributed by atoms with E-state index in [0.717, 1.165) is 11.1 Å². The number of ketones is 1. The largest absolute Gasteiger partial charge is 0.293 e. The van der Waals surface area contributed by atoms with Crippen LogP contribution in [0, 0.1) is 0 Å². The molecule has 0 spiro atoms. The van der Waals surface area contributed by atoms with E-state index in [2.05, 4.69) is 5.10 Å². The molecule has 4 rings (SSSR count). The van der Waals surface area contributed by atoms with Crippen LogP contribution in [0.5, 0.6) is 0 Å². The molecule has 4 nitrogen and oxygen atoms in total. The first-order chi connectivity index (χ1) is 16.2. The van der Waals surface area contributed by atoms with Crippen molar-refractivity contribution in [1.29, 1.82) is 0 Å². The van der Waals surface area contributed by atoms with E-state index in [0.29, 0.717) is 11.1 Å². The van der Waals surface area contributed by atoms with Crippen molar-refractivity contribution in [3.63, 3.8) is 0 Å². The molecule has 1 unspecified atom stereocenters. The molecular weight excluding hydrogens is 408 g/mol. The van der Waals surface area contributed by atoms with E-state index in [1.165, 1.54) is 5.01 Å². The third-order valence-corrected chi connectivity index (χ3v) is 5.33. The highest BCUT2D eigenvalue weighted by Crippen LogP contribution is 2.23. The summed E-state index contributed by atoms with van der Waals surface area (Å²) in [6.45, 7) is 0.120. The Morgan fingerprint density at radius 2 is 1.15 bits per heavy atom. The molecule has 0 aliphatic rings. The third kappa shape index (κ3) is 5.69. The number of Topliss-reactive ketones (excluding diaryl/α,β-unsaturated/α-hetero) is 1. The van der Waals surface area contributed by atoms with Gasteiger partial charge in [-0.25, -0.2) is 5.01 Å². The molecule has 33 heavy (non-hydrogen) atoms. The number of hydrogen-bond donors (Lipinski definition) is 0. The lowest BCUT2D eigenvalue weighted by atomic mass is 9.90. The Bertz CT molecular complexity index is 1210. The lowest BCUT2D eigenvalue weighted by molar-refractivity contribution is 0.0736. The molecule has 4 heteroatoms. The molecule has 4 aromatic carbocycles. The number of hydrazone groups is 1. The van der Waals surface area contributed by atoms with E-state index >= 15 is 0 Å². The molecule has 0 N–H and O–H groups in total. The minimum Gasteiger partial charge on any atom is -0.293 e. The fourth-order valence-electron chi connectivity index (χ4n) is 3.59. The maximum absolute atomic E-state index is 13.5. The SMILES string of the molecule is O=C(c1ccccc1)C(CN(N=Cc1ccccc1)C(=O)c1ccccc1)c1ccccc1. The van der Waals surface area contributed by atoms with Gasteiger partial charge in [-0.1, -0.05) is 109 Å². The fourth-order valence-corrected chi connectivity index (χ4v) is 3.59. The standard InChI is InChI=1S/C29H24N2O2/c32-28(25-17-9-3-10-18-25)27(24-15-7-2-8-16-24)22-31(29(33)26-19-11-4-12-20-26)30-21-23-13-5-1-6-14-23/h1-21,27H,22H2. The van der Waals surface area contributed by atoms with Crippen LogP contribution in [0.25, 0.3) is 0 Å². The Labute approximate surface area is 193 Å². The van der Waals surface area contributed by atoms with Crippen LogP contribution in [0.15, 0.2) is 126 Å². The van der Waals surface area contributed by atoms with Gasteiger partial charge in [-0.05, 0) is 23.3 Å². The second kappa shape index (κ2) is 10.8. The highest BCUT2D eigenvalue weighted by Gasteiger charge is 2.27. The van der Waals surface area contributed by atoms with E-state index in [1.807, 2.05) is 97.1 Å². The molecule has 4 aromatic rings. The molecule has 0 radical (unpaired) electrons. The van der Waals surface area contributed by atoms with Crippen LogP contribution >= 0.6 is 0 Å². The lowest BCUT2D eigenvalue weighted by Crippen LogP contribution is -2.33. The van der Waals surface area contributed by atoms with Crippen molar-refractivity contribution in [2.75, 3.05) is 6.54 Å². The second-order valence-electron chi connectivity index (χ2n) is 7.60. The molecule has 162 valence electrons. The number of benzene rings is 4. The molecule has 0 aliphatic carbocycles. The van der Waals surface area contributed by atoms with Gasteiger partial charge in [0.2, 0.25) is 0 Å². The summed E-state index contributed by atoms with van der Waals surface area (Å²) < 4.78 is 0. The topological polar surface area (TPSA) is 49.7 Å². The van der Waals surface area contributed by atoms with Gasteiger partial charge in [0.05, 0.1) is 18.7 Å². The molecule has 0 aromatic heterocycles. The van der Waals surface area contributed by atoms with Crippen LogP contribution in [0.3, 0.4) is 0 Å². The summed E-state index contributed by atoms with van der Waals surface area (Å²) in [6.07, 6.45) is 1.65. The van der Waals surface area contributed by atoms with Crippen molar-refractivity contribution in [2.45, 2.75) is 5.92 Å². The van der Waals surface area contributed by atoms with E-state index < -0.39 is 5.92 Å². The molecule has 1 atom stereocenters. The number of hydrogen-bond acceptors (Lipinski definition) is 3. The highest BCUT2D eigenvalue weighted by molar-refractivity contribution is 6.02. The lowest BCUT2D eigenvalue weighted by Gasteiger charge is -2.24. The van der Waals surface area contributed by atoms with Crippen molar-refractivity contribution >= 4 is 17.9 Å². The molecule has 0 heterocycles. The molecule has 0 bridgehead atoms. The van der Waals surface area contributed by atoms with Gasteiger partial charge in [-0.2, -0.15) is 5.10 Å². The average molecular weight is 433 g/mol. The summed E-state index contributed by atoms with van der Waals surface area (Å²) in [4.78, 5) is 26.9. The Kier molecular flexibility index (Phi) is 7.18. The smallest absolute Gasteiger partial charge is 0.273 e. The van der Waals surface area contributed by atoms with Crippen molar-refractivity contribution < 1.29 is 9.59 Å². The maximum atomic E-state index is 13.5. The van der Waals surface area contributed by atoms with Crippen LogP contribution in [-0.4, -0.2) is 29.5 Å². The first-order valence-electron chi connectivity index (χ1n) is 10.8.